The summed E-state index contributed by atoms with van der Waals surface area (Å²) in [5, 5.41) is 3.89. The molecule has 0 radical (unpaired) electrons. The van der Waals surface area contributed by atoms with Crippen LogP contribution >= 0.6 is 10.9 Å². The van der Waals surface area contributed by atoms with E-state index >= 15 is 0 Å². The number of pyridine rings is 1. The molecule has 7 nitrogen and oxygen atoms in total. The van der Waals surface area contributed by atoms with Gasteiger partial charge in [0.1, 0.15) is 23.4 Å². The minimum absolute atomic E-state index is 0.0310. The van der Waals surface area contributed by atoms with Gasteiger partial charge in [-0.05, 0) is 36.4 Å². The van der Waals surface area contributed by atoms with Gasteiger partial charge < -0.3 is 10.5 Å². The fraction of sp³-hybridized carbons (Fsp3) is 0.238. The number of methoxy groups -OCH3 is 1. The Balaban J connectivity index is 1.54. The van der Waals surface area contributed by atoms with Gasteiger partial charge in [0, 0.05) is 35.9 Å². The molecule has 4 rings (SSSR count). The van der Waals surface area contributed by atoms with Gasteiger partial charge in [-0.25, -0.2) is 13.8 Å². The van der Waals surface area contributed by atoms with E-state index in [1.165, 1.54) is 19.4 Å². The van der Waals surface area contributed by atoms with E-state index in [0.29, 0.717) is 11.4 Å². The second kappa shape index (κ2) is 8.20. The van der Waals surface area contributed by atoms with Gasteiger partial charge in [-0.15, -0.1) is 0 Å². The molecule has 10 heteroatoms. The first-order valence-corrected chi connectivity index (χ1v) is 11.1. The number of ketones is 1. The molecule has 1 saturated heterocycles. The van der Waals surface area contributed by atoms with E-state index in [4.69, 9.17) is 10.5 Å². The van der Waals surface area contributed by atoms with Gasteiger partial charge in [0.05, 0.1) is 5.71 Å². The van der Waals surface area contributed by atoms with Crippen LogP contribution in [0.4, 0.5) is 14.6 Å². The normalized spacial score (nSPS) is 26.6. The summed E-state index contributed by atoms with van der Waals surface area (Å²) in [6.45, 7) is 0. The number of nitrogens with one attached hydrogen (secondary N) is 1. The lowest BCUT2D eigenvalue weighted by molar-refractivity contribution is -0.122. The molecule has 0 saturated carbocycles. The highest BCUT2D eigenvalue weighted by Crippen LogP contribution is 2.43. The highest BCUT2D eigenvalue weighted by molar-refractivity contribution is 8.30. The Labute approximate surface area is 179 Å². The molecule has 2 aromatic rings. The van der Waals surface area contributed by atoms with E-state index in [9.17, 15) is 18.4 Å². The molecule has 3 heterocycles. The molecule has 1 aromatic carbocycles. The fourth-order valence-corrected chi connectivity index (χ4v) is 5.89. The topological polar surface area (TPSA) is 107 Å². The number of benzene rings is 1. The predicted molar refractivity (Wildman–Crippen MR) is 114 cm³/mol. The van der Waals surface area contributed by atoms with Crippen LogP contribution in [0.1, 0.15) is 11.1 Å². The molecule has 0 spiro atoms. The van der Waals surface area contributed by atoms with E-state index in [1.54, 1.807) is 24.3 Å². The van der Waals surface area contributed by atoms with Crippen molar-refractivity contribution in [1.29, 1.82) is 0 Å². The monoisotopic (exact) mass is 446 g/mol. The number of thiol groups is 1. The zero-order chi connectivity index (χ0) is 22.2. The molecular formula is C21H20F2N4O3S. The van der Waals surface area contributed by atoms with Crippen LogP contribution in [0.5, 0.6) is 0 Å². The van der Waals surface area contributed by atoms with Crippen molar-refractivity contribution in [1.82, 2.24) is 10.4 Å². The van der Waals surface area contributed by atoms with Crippen LogP contribution < -0.4 is 11.2 Å². The van der Waals surface area contributed by atoms with Crippen LogP contribution in [-0.4, -0.2) is 34.5 Å². The number of halogens is 2. The Hall–Kier alpha value is -3.11. The van der Waals surface area contributed by atoms with E-state index in [1.807, 2.05) is 0 Å². The third-order valence-corrected chi connectivity index (χ3v) is 7.58. The molecule has 1 fully saturated rings. The quantitative estimate of drug-likeness (QED) is 0.480. The number of hydrogen-bond donors (Lipinski definition) is 3. The van der Waals surface area contributed by atoms with E-state index in [-0.39, 0.29) is 33.7 Å². The highest BCUT2D eigenvalue weighted by atomic mass is 32.2. The predicted octanol–water partition coefficient (Wildman–Crippen LogP) is 2.18. The largest absolute Gasteiger partial charge is 0.384 e. The number of hydrazone groups is 1. The number of carbonyl (C=O) groups excluding carboxylic acids is 2. The number of ether oxygens (including phenoxy) is 1. The summed E-state index contributed by atoms with van der Waals surface area (Å²) >= 11 is 0. The standard InChI is InChI=1S/C21H20F2N4O3S/c1-30-21(12-5-6-18(24)25-9-12)8-7-16(26-27-21)19-17(28)11-31(20(19)29)10-13-14(22)3-2-4-15(13)23/h2-9,19,27,31H,10-11H2,1H3,(H2,24,25). The first kappa shape index (κ1) is 21.1. The van der Waals surface area contributed by atoms with Crippen molar-refractivity contribution < 1.29 is 23.1 Å². The third-order valence-electron chi connectivity index (χ3n) is 5.31. The van der Waals surface area contributed by atoms with Gasteiger partial charge in [0.25, 0.3) is 0 Å². The van der Waals surface area contributed by atoms with E-state index in [2.05, 4.69) is 15.5 Å². The zero-order valence-corrected chi connectivity index (χ0v) is 17.4. The maximum Gasteiger partial charge on any atom is 0.200 e. The number of anilines is 1. The van der Waals surface area contributed by atoms with E-state index < -0.39 is 34.2 Å². The maximum atomic E-state index is 14.0. The van der Waals surface area contributed by atoms with Gasteiger partial charge >= 0.3 is 0 Å². The lowest BCUT2D eigenvalue weighted by atomic mass is 9.96. The van der Waals surface area contributed by atoms with Crippen molar-refractivity contribution in [2.24, 2.45) is 11.0 Å². The number of nitrogen functional groups attached to an aromatic ring is 1. The molecule has 2 aliphatic heterocycles. The van der Waals surface area contributed by atoms with Crippen molar-refractivity contribution >= 4 is 33.3 Å². The molecular weight excluding hydrogens is 426 g/mol. The Morgan fingerprint density at radius 3 is 2.58 bits per heavy atom. The first-order valence-electron chi connectivity index (χ1n) is 9.40. The summed E-state index contributed by atoms with van der Waals surface area (Å²) in [6, 6.07) is 6.88. The molecule has 31 heavy (non-hydrogen) atoms. The molecule has 0 aliphatic carbocycles. The molecule has 3 unspecified atom stereocenters. The van der Waals surface area contributed by atoms with Gasteiger partial charge in [-0.2, -0.15) is 16.0 Å². The van der Waals surface area contributed by atoms with Crippen LogP contribution in [0, 0.1) is 17.6 Å². The number of nitrogens with zero attached hydrogens (tertiary/aromatic N) is 2. The highest BCUT2D eigenvalue weighted by Gasteiger charge is 2.44. The third kappa shape index (κ3) is 3.84. The number of allylic oxidation sites excluding steroid dienone is 1. The minimum atomic E-state index is -1.56. The van der Waals surface area contributed by atoms with Gasteiger partial charge in [-0.1, -0.05) is 6.07 Å². The summed E-state index contributed by atoms with van der Waals surface area (Å²) in [6.07, 6.45) is 4.73. The summed E-state index contributed by atoms with van der Waals surface area (Å²) in [7, 11) is -0.0850. The summed E-state index contributed by atoms with van der Waals surface area (Å²) in [4.78, 5) is 29.6. The van der Waals surface area contributed by atoms with Crippen LogP contribution in [-0.2, 0) is 25.8 Å². The number of rotatable bonds is 5. The molecule has 2 aliphatic rings. The van der Waals surface area contributed by atoms with Crippen molar-refractivity contribution in [2.45, 2.75) is 11.5 Å². The van der Waals surface area contributed by atoms with Crippen molar-refractivity contribution in [3.8, 4) is 0 Å². The van der Waals surface area contributed by atoms with Gasteiger partial charge in [0.15, 0.2) is 10.9 Å². The Morgan fingerprint density at radius 2 is 2.00 bits per heavy atom. The SMILES string of the molecule is COC1(c2ccc(N)nc2)C=CC(C2C(=O)C[SH](Cc3c(F)cccc3F)C2=O)=NN1. The van der Waals surface area contributed by atoms with Crippen LogP contribution in [0.3, 0.4) is 0 Å². The smallest absolute Gasteiger partial charge is 0.200 e. The lowest BCUT2D eigenvalue weighted by Gasteiger charge is -2.32. The lowest BCUT2D eigenvalue weighted by Crippen LogP contribution is -2.43. The summed E-state index contributed by atoms with van der Waals surface area (Å²) in [5.41, 5.74) is 8.05. The second-order valence-electron chi connectivity index (χ2n) is 7.19. The Morgan fingerprint density at radius 1 is 1.26 bits per heavy atom. The number of Topliss-reactive ketones (excluding diaryl/α,β-unsaturated/α-hetero) is 1. The molecule has 3 N–H and O–H groups in total. The number of hydrogen-bond acceptors (Lipinski definition) is 7. The first-order chi connectivity index (χ1) is 14.8. The maximum absolute atomic E-state index is 14.0. The molecule has 0 bridgehead atoms. The summed E-state index contributed by atoms with van der Waals surface area (Å²) < 4.78 is 33.5. The van der Waals surface area contributed by atoms with Gasteiger partial charge in [-0.3, -0.25) is 15.0 Å². The summed E-state index contributed by atoms with van der Waals surface area (Å²) in [5.74, 6) is -2.61. The van der Waals surface area contributed by atoms with Crippen LogP contribution in [0.2, 0.25) is 0 Å². The minimum Gasteiger partial charge on any atom is -0.384 e. The fourth-order valence-electron chi connectivity index (χ4n) is 3.58. The zero-order valence-electron chi connectivity index (χ0n) is 16.5. The molecule has 1 aromatic heterocycles. The average molecular weight is 446 g/mol. The van der Waals surface area contributed by atoms with Crippen molar-refractivity contribution in [2.75, 3.05) is 18.6 Å². The Kier molecular flexibility index (Phi) is 5.59. The Bertz CT molecular complexity index is 1090. The molecule has 3 atom stereocenters. The van der Waals surface area contributed by atoms with Crippen LogP contribution in [0.15, 0.2) is 53.8 Å². The second-order valence-corrected chi connectivity index (χ2v) is 9.34. The molecule has 162 valence electrons. The average Bonchev–Trinajstić information content (AvgIpc) is 3.04. The number of nitrogens with two attached hydrogens (primary N) is 1. The van der Waals surface area contributed by atoms with Crippen LogP contribution in [0.25, 0.3) is 0 Å². The van der Waals surface area contributed by atoms with Gasteiger partial charge in [0.2, 0.25) is 5.72 Å². The van der Waals surface area contributed by atoms with Crippen molar-refractivity contribution in [3.05, 3.63) is 71.4 Å². The molecule has 0 amide bonds. The number of aromatic nitrogens is 1. The van der Waals surface area contributed by atoms with Crippen molar-refractivity contribution in [3.63, 3.8) is 0 Å². The van der Waals surface area contributed by atoms with E-state index in [0.717, 1.165) is 12.1 Å². The number of carbonyl (C=O) groups is 2.